The van der Waals surface area contributed by atoms with E-state index in [-0.39, 0.29) is 11.1 Å². The van der Waals surface area contributed by atoms with Crippen LogP contribution >= 0.6 is 0 Å². The topological polar surface area (TPSA) is 127 Å². The molecule has 2 aromatic rings. The minimum absolute atomic E-state index is 0.0427. The molecule has 0 aromatic heterocycles. The third-order valence-electron chi connectivity index (χ3n) is 3.21. The van der Waals surface area contributed by atoms with E-state index in [1.807, 2.05) is 0 Å². The molecule has 21 heavy (non-hydrogen) atoms. The monoisotopic (exact) mass is 286 g/mol. The largest absolute Gasteiger partial charge is 0.478 e. The van der Waals surface area contributed by atoms with Gasteiger partial charge in [-0.15, -0.1) is 0 Å². The summed E-state index contributed by atoms with van der Waals surface area (Å²) in [5.41, 5.74) is 10.3. The quantitative estimate of drug-likeness (QED) is 0.625. The number of carboxylic acid groups (broad SMARTS) is 2. The molecule has 0 saturated carbocycles. The zero-order valence-corrected chi connectivity index (χ0v) is 11.0. The summed E-state index contributed by atoms with van der Waals surface area (Å²) in [6.07, 6.45) is 0. The van der Waals surface area contributed by atoms with Gasteiger partial charge in [-0.3, -0.25) is 0 Å². The Morgan fingerprint density at radius 2 is 1.48 bits per heavy atom. The number of nitrogens with two attached hydrogens (primary N) is 2. The van der Waals surface area contributed by atoms with Gasteiger partial charge in [0.1, 0.15) is 5.66 Å². The van der Waals surface area contributed by atoms with Crippen molar-refractivity contribution in [3.63, 3.8) is 0 Å². The molecule has 0 saturated heterocycles. The highest BCUT2D eigenvalue weighted by Crippen LogP contribution is 2.27. The molecular formula is C15H14N2O4. The van der Waals surface area contributed by atoms with E-state index >= 15 is 0 Å². The Labute approximate surface area is 120 Å². The number of benzene rings is 2. The first-order valence-electron chi connectivity index (χ1n) is 6.09. The minimum Gasteiger partial charge on any atom is -0.478 e. The fraction of sp³-hybridized carbons (Fsp3) is 0.0667. The van der Waals surface area contributed by atoms with Crippen LogP contribution in [0.1, 0.15) is 31.8 Å². The Morgan fingerprint density at radius 1 is 0.857 bits per heavy atom. The van der Waals surface area contributed by atoms with Crippen LogP contribution in [0.4, 0.5) is 0 Å². The highest BCUT2D eigenvalue weighted by molar-refractivity contribution is 6.03. The predicted molar refractivity (Wildman–Crippen MR) is 76.0 cm³/mol. The maximum atomic E-state index is 11.5. The normalized spacial score (nSPS) is 11.1. The second-order valence-corrected chi connectivity index (χ2v) is 4.57. The third kappa shape index (κ3) is 2.62. The highest BCUT2D eigenvalue weighted by atomic mass is 16.4. The van der Waals surface area contributed by atoms with Gasteiger partial charge in [0.05, 0.1) is 11.1 Å². The molecule has 2 rings (SSSR count). The summed E-state index contributed by atoms with van der Waals surface area (Å²) in [4.78, 5) is 22.6. The summed E-state index contributed by atoms with van der Waals surface area (Å²) >= 11 is 0. The Kier molecular flexibility index (Phi) is 3.75. The highest BCUT2D eigenvalue weighted by Gasteiger charge is 2.32. The Hall–Kier alpha value is -2.70. The van der Waals surface area contributed by atoms with Crippen molar-refractivity contribution < 1.29 is 19.8 Å². The van der Waals surface area contributed by atoms with E-state index in [1.54, 1.807) is 30.3 Å². The third-order valence-corrected chi connectivity index (χ3v) is 3.21. The number of rotatable bonds is 4. The average molecular weight is 286 g/mol. The molecule has 6 nitrogen and oxygen atoms in total. The predicted octanol–water partition coefficient (Wildman–Crippen LogP) is 1.20. The molecule has 0 spiro atoms. The van der Waals surface area contributed by atoms with Crippen molar-refractivity contribution in [2.75, 3.05) is 0 Å². The van der Waals surface area contributed by atoms with Crippen molar-refractivity contribution in [3.05, 3.63) is 70.8 Å². The van der Waals surface area contributed by atoms with Gasteiger partial charge in [0.15, 0.2) is 0 Å². The Bertz CT molecular complexity index is 696. The summed E-state index contributed by atoms with van der Waals surface area (Å²) in [5, 5.41) is 18.5. The van der Waals surface area contributed by atoms with Crippen LogP contribution in [-0.4, -0.2) is 22.2 Å². The van der Waals surface area contributed by atoms with Gasteiger partial charge < -0.3 is 21.7 Å². The number of carbonyl (C=O) groups is 2. The number of carboxylic acids is 2. The van der Waals surface area contributed by atoms with E-state index in [0.29, 0.717) is 5.56 Å². The van der Waals surface area contributed by atoms with E-state index in [9.17, 15) is 14.7 Å². The van der Waals surface area contributed by atoms with Crippen molar-refractivity contribution in [1.29, 1.82) is 0 Å². The van der Waals surface area contributed by atoms with Gasteiger partial charge >= 0.3 is 11.9 Å². The van der Waals surface area contributed by atoms with Gasteiger partial charge in [-0.1, -0.05) is 42.5 Å². The summed E-state index contributed by atoms with van der Waals surface area (Å²) in [5.74, 6) is -2.74. The van der Waals surface area contributed by atoms with E-state index in [0.717, 1.165) is 0 Å². The summed E-state index contributed by atoms with van der Waals surface area (Å²) in [6.45, 7) is 0. The smallest absolute Gasteiger partial charge is 0.336 e. The number of aromatic carboxylic acids is 2. The molecule has 0 aliphatic heterocycles. The molecule has 0 aliphatic carbocycles. The van der Waals surface area contributed by atoms with Gasteiger partial charge in [0, 0.05) is 5.56 Å². The van der Waals surface area contributed by atoms with Crippen molar-refractivity contribution in [1.82, 2.24) is 0 Å². The van der Waals surface area contributed by atoms with Crippen LogP contribution in [0.2, 0.25) is 0 Å². The SMILES string of the molecule is NC(N)(c1ccccc1)c1cccc(C(=O)O)c1C(=O)O. The summed E-state index contributed by atoms with van der Waals surface area (Å²) < 4.78 is 0. The molecule has 0 aliphatic rings. The fourth-order valence-electron chi connectivity index (χ4n) is 2.18. The fourth-order valence-corrected chi connectivity index (χ4v) is 2.18. The standard InChI is InChI=1S/C15H14N2O4/c16-15(17,9-5-2-1-3-6-9)11-8-4-7-10(13(18)19)12(11)14(20)21/h1-8H,16-17H2,(H,18,19)(H,20,21). The number of hydrogen-bond acceptors (Lipinski definition) is 4. The lowest BCUT2D eigenvalue weighted by molar-refractivity contribution is 0.0649. The van der Waals surface area contributed by atoms with Gasteiger partial charge in [-0.05, 0) is 11.6 Å². The Balaban J connectivity index is 2.72. The van der Waals surface area contributed by atoms with E-state index in [1.165, 1.54) is 18.2 Å². The molecule has 0 unspecified atom stereocenters. The van der Waals surface area contributed by atoms with Crippen LogP contribution in [-0.2, 0) is 5.66 Å². The zero-order chi connectivity index (χ0) is 15.6. The van der Waals surface area contributed by atoms with E-state index in [2.05, 4.69) is 0 Å². The lowest BCUT2D eigenvalue weighted by Gasteiger charge is -2.27. The van der Waals surface area contributed by atoms with Crippen LogP contribution in [0.3, 0.4) is 0 Å². The van der Waals surface area contributed by atoms with Crippen LogP contribution in [0, 0.1) is 0 Å². The van der Waals surface area contributed by atoms with Crippen LogP contribution in [0.25, 0.3) is 0 Å². The van der Waals surface area contributed by atoms with Crippen LogP contribution in [0.5, 0.6) is 0 Å². The lowest BCUT2D eigenvalue weighted by Crippen LogP contribution is -2.48. The van der Waals surface area contributed by atoms with Crippen LogP contribution < -0.4 is 11.5 Å². The molecule has 0 atom stereocenters. The summed E-state index contributed by atoms with van der Waals surface area (Å²) in [6, 6.07) is 12.5. The second kappa shape index (κ2) is 5.35. The van der Waals surface area contributed by atoms with Gasteiger partial charge in [0.25, 0.3) is 0 Å². The van der Waals surface area contributed by atoms with Crippen molar-refractivity contribution >= 4 is 11.9 Å². The molecule has 0 amide bonds. The minimum atomic E-state index is -1.61. The maximum Gasteiger partial charge on any atom is 0.336 e. The molecule has 2 aromatic carbocycles. The zero-order valence-electron chi connectivity index (χ0n) is 11.0. The molecular weight excluding hydrogens is 272 g/mol. The lowest BCUT2D eigenvalue weighted by atomic mass is 9.87. The summed E-state index contributed by atoms with van der Waals surface area (Å²) in [7, 11) is 0. The van der Waals surface area contributed by atoms with Crippen LogP contribution in [0.15, 0.2) is 48.5 Å². The second-order valence-electron chi connectivity index (χ2n) is 4.57. The molecule has 6 N–H and O–H groups in total. The average Bonchev–Trinajstić information content (AvgIpc) is 2.47. The number of hydrogen-bond donors (Lipinski definition) is 4. The molecule has 108 valence electrons. The van der Waals surface area contributed by atoms with Gasteiger partial charge in [0.2, 0.25) is 0 Å². The van der Waals surface area contributed by atoms with Gasteiger partial charge in [-0.2, -0.15) is 0 Å². The molecule has 0 radical (unpaired) electrons. The van der Waals surface area contributed by atoms with E-state index in [4.69, 9.17) is 16.6 Å². The van der Waals surface area contributed by atoms with Gasteiger partial charge in [-0.25, -0.2) is 9.59 Å². The molecule has 0 heterocycles. The van der Waals surface area contributed by atoms with Crippen molar-refractivity contribution in [3.8, 4) is 0 Å². The first-order valence-corrected chi connectivity index (χ1v) is 6.09. The van der Waals surface area contributed by atoms with Crippen molar-refractivity contribution in [2.45, 2.75) is 5.66 Å². The van der Waals surface area contributed by atoms with E-state index < -0.39 is 23.2 Å². The first-order chi connectivity index (χ1) is 9.85. The molecule has 0 bridgehead atoms. The molecule has 0 fully saturated rings. The maximum absolute atomic E-state index is 11.5. The Morgan fingerprint density at radius 3 is 2.00 bits per heavy atom. The van der Waals surface area contributed by atoms with Crippen molar-refractivity contribution in [2.24, 2.45) is 11.5 Å². The first kappa shape index (κ1) is 14.7. The molecule has 6 heteroatoms.